The summed E-state index contributed by atoms with van der Waals surface area (Å²) < 4.78 is 3.10. The van der Waals surface area contributed by atoms with E-state index in [9.17, 15) is 5.26 Å². The van der Waals surface area contributed by atoms with Gasteiger partial charge >= 0.3 is 0 Å². The Balaban J connectivity index is 2.43. The molecule has 0 radical (unpaired) electrons. The number of nitrogens with zero attached hydrogens (tertiary/aromatic N) is 3. The summed E-state index contributed by atoms with van der Waals surface area (Å²) in [7, 11) is 0. The minimum Gasteiger partial charge on any atom is -0.330 e. The molecule has 0 saturated heterocycles. The fraction of sp³-hybridized carbons (Fsp3) is 0. The molecule has 0 bridgehead atoms. The molecule has 21 heavy (non-hydrogen) atoms. The van der Waals surface area contributed by atoms with Crippen molar-refractivity contribution in [1.82, 2.24) is 9.55 Å². The number of benzene rings is 2. The SMILES string of the molecule is N#Cc1ccc2[nH]c(=S)n(-c3cc(Br)ccc3C#N)c2c1. The second-order valence-corrected chi connectivity index (χ2v) is 5.68. The predicted molar refractivity (Wildman–Crippen MR) is 85.6 cm³/mol. The number of aromatic amines is 1. The van der Waals surface area contributed by atoms with Crippen molar-refractivity contribution in [1.29, 1.82) is 10.5 Å². The van der Waals surface area contributed by atoms with Gasteiger partial charge in [-0.3, -0.25) is 4.57 Å². The van der Waals surface area contributed by atoms with Crippen molar-refractivity contribution in [3.63, 3.8) is 0 Å². The Hall–Kier alpha value is -2.41. The number of fused-ring (bicyclic) bond motifs is 1. The van der Waals surface area contributed by atoms with Gasteiger partial charge in [-0.1, -0.05) is 15.9 Å². The van der Waals surface area contributed by atoms with E-state index >= 15 is 0 Å². The third-order valence-electron chi connectivity index (χ3n) is 3.13. The largest absolute Gasteiger partial charge is 0.330 e. The van der Waals surface area contributed by atoms with Crippen LogP contribution in [-0.2, 0) is 0 Å². The maximum absolute atomic E-state index is 9.30. The van der Waals surface area contributed by atoms with Gasteiger partial charge in [0.25, 0.3) is 0 Å². The first kappa shape index (κ1) is 13.6. The summed E-state index contributed by atoms with van der Waals surface area (Å²) in [4.78, 5) is 3.09. The highest BCUT2D eigenvalue weighted by Gasteiger charge is 2.11. The van der Waals surface area contributed by atoms with E-state index in [1.54, 1.807) is 28.8 Å². The Morgan fingerprint density at radius 2 is 1.90 bits per heavy atom. The van der Waals surface area contributed by atoms with Crippen LogP contribution in [-0.4, -0.2) is 9.55 Å². The van der Waals surface area contributed by atoms with Crippen LogP contribution < -0.4 is 0 Å². The van der Waals surface area contributed by atoms with E-state index in [4.69, 9.17) is 17.5 Å². The Labute approximate surface area is 134 Å². The summed E-state index contributed by atoms with van der Waals surface area (Å²) >= 11 is 8.77. The van der Waals surface area contributed by atoms with Crippen LogP contribution in [0.25, 0.3) is 16.7 Å². The number of imidazole rings is 1. The van der Waals surface area contributed by atoms with Gasteiger partial charge in [0.15, 0.2) is 4.77 Å². The second-order valence-electron chi connectivity index (χ2n) is 4.38. The van der Waals surface area contributed by atoms with Gasteiger partial charge in [0.2, 0.25) is 0 Å². The van der Waals surface area contributed by atoms with Gasteiger partial charge in [-0.2, -0.15) is 10.5 Å². The van der Waals surface area contributed by atoms with Gasteiger partial charge in [-0.05, 0) is 48.6 Å². The van der Waals surface area contributed by atoms with Crippen LogP contribution in [0.5, 0.6) is 0 Å². The van der Waals surface area contributed by atoms with Gasteiger partial charge in [-0.25, -0.2) is 0 Å². The average Bonchev–Trinajstić information content (AvgIpc) is 2.81. The summed E-state index contributed by atoms with van der Waals surface area (Å²) in [5.41, 5.74) is 3.33. The summed E-state index contributed by atoms with van der Waals surface area (Å²) in [6, 6.07) is 14.9. The number of H-pyrrole nitrogens is 1. The van der Waals surface area contributed by atoms with Crippen molar-refractivity contribution in [2.75, 3.05) is 0 Å². The van der Waals surface area contributed by atoms with Crippen molar-refractivity contribution < 1.29 is 0 Å². The molecule has 0 aliphatic carbocycles. The molecule has 0 amide bonds. The van der Waals surface area contributed by atoms with Gasteiger partial charge in [0, 0.05) is 4.47 Å². The third-order valence-corrected chi connectivity index (χ3v) is 3.91. The molecule has 0 aliphatic rings. The topological polar surface area (TPSA) is 68.3 Å². The summed E-state index contributed by atoms with van der Waals surface area (Å²) in [6.07, 6.45) is 0. The normalized spacial score (nSPS) is 10.2. The van der Waals surface area contributed by atoms with Crippen LogP contribution in [0, 0.1) is 27.4 Å². The van der Waals surface area contributed by atoms with Crippen LogP contribution in [0.15, 0.2) is 40.9 Å². The number of rotatable bonds is 1. The zero-order valence-electron chi connectivity index (χ0n) is 10.6. The van der Waals surface area contributed by atoms with Gasteiger partial charge in [0.05, 0.1) is 33.9 Å². The monoisotopic (exact) mass is 354 g/mol. The highest BCUT2D eigenvalue weighted by molar-refractivity contribution is 9.10. The molecule has 0 saturated carbocycles. The molecular weight excluding hydrogens is 348 g/mol. The standard InChI is InChI=1S/C15H7BrN4S/c16-11-3-2-10(8-18)13(6-11)20-14-5-9(7-17)1-4-12(14)19-15(20)21/h1-6H,(H,19,21). The molecule has 3 aromatic rings. The molecule has 3 rings (SSSR count). The third kappa shape index (κ3) is 2.25. The molecule has 2 aromatic carbocycles. The van der Waals surface area contributed by atoms with Crippen molar-refractivity contribution in [2.24, 2.45) is 0 Å². The van der Waals surface area contributed by atoms with E-state index in [0.717, 1.165) is 15.5 Å². The fourth-order valence-corrected chi connectivity index (χ4v) is 2.85. The second kappa shape index (κ2) is 5.17. The molecule has 6 heteroatoms. The van der Waals surface area contributed by atoms with Crippen LogP contribution >= 0.6 is 28.1 Å². The maximum atomic E-state index is 9.30. The zero-order chi connectivity index (χ0) is 15.0. The Bertz CT molecular complexity index is 1000. The smallest absolute Gasteiger partial charge is 0.182 e. The molecule has 0 unspecified atom stereocenters. The average molecular weight is 355 g/mol. The lowest BCUT2D eigenvalue weighted by atomic mass is 10.1. The number of nitriles is 2. The molecule has 0 fully saturated rings. The molecule has 0 spiro atoms. The maximum Gasteiger partial charge on any atom is 0.182 e. The number of hydrogen-bond acceptors (Lipinski definition) is 3. The lowest BCUT2D eigenvalue weighted by Gasteiger charge is -2.07. The Morgan fingerprint density at radius 3 is 2.62 bits per heavy atom. The van der Waals surface area contributed by atoms with Crippen molar-refractivity contribution in [3.8, 4) is 17.8 Å². The minimum absolute atomic E-state index is 0.481. The molecule has 1 N–H and O–H groups in total. The fourth-order valence-electron chi connectivity index (χ4n) is 2.20. The lowest BCUT2D eigenvalue weighted by molar-refractivity contribution is 1.06. The van der Waals surface area contributed by atoms with E-state index in [1.807, 2.05) is 12.1 Å². The summed E-state index contributed by atoms with van der Waals surface area (Å²) in [5, 5.41) is 18.4. The van der Waals surface area contributed by atoms with Gasteiger partial charge in [0.1, 0.15) is 6.07 Å². The number of hydrogen-bond donors (Lipinski definition) is 1. The first-order chi connectivity index (χ1) is 10.1. The number of halogens is 1. The van der Waals surface area contributed by atoms with E-state index in [1.165, 1.54) is 0 Å². The Morgan fingerprint density at radius 1 is 1.10 bits per heavy atom. The van der Waals surface area contributed by atoms with Crippen LogP contribution in [0.3, 0.4) is 0 Å². The molecule has 1 heterocycles. The summed E-state index contributed by atoms with van der Waals surface area (Å²) in [5.74, 6) is 0. The van der Waals surface area contributed by atoms with E-state index in [2.05, 4.69) is 33.1 Å². The number of aromatic nitrogens is 2. The predicted octanol–water partition coefficient (Wildman–Crippen LogP) is 4.19. The van der Waals surface area contributed by atoms with Gasteiger partial charge in [-0.15, -0.1) is 0 Å². The van der Waals surface area contributed by atoms with Gasteiger partial charge < -0.3 is 4.98 Å². The highest BCUT2D eigenvalue weighted by Crippen LogP contribution is 2.25. The first-order valence-corrected chi connectivity index (χ1v) is 7.19. The van der Waals surface area contributed by atoms with E-state index < -0.39 is 0 Å². The van der Waals surface area contributed by atoms with E-state index in [-0.39, 0.29) is 0 Å². The zero-order valence-corrected chi connectivity index (χ0v) is 13.0. The van der Waals surface area contributed by atoms with Crippen molar-refractivity contribution >= 4 is 39.2 Å². The van der Waals surface area contributed by atoms with Crippen LogP contribution in [0.2, 0.25) is 0 Å². The number of nitrogens with one attached hydrogen (secondary N) is 1. The quantitative estimate of drug-likeness (QED) is 0.666. The molecule has 100 valence electrons. The van der Waals surface area contributed by atoms with E-state index in [0.29, 0.717) is 21.6 Å². The molecule has 4 nitrogen and oxygen atoms in total. The highest BCUT2D eigenvalue weighted by atomic mass is 79.9. The first-order valence-electron chi connectivity index (χ1n) is 5.99. The van der Waals surface area contributed by atoms with Crippen LogP contribution in [0.4, 0.5) is 0 Å². The lowest BCUT2D eigenvalue weighted by Crippen LogP contribution is -1.98. The molecule has 1 aromatic heterocycles. The van der Waals surface area contributed by atoms with Crippen LogP contribution in [0.1, 0.15) is 11.1 Å². The molecule has 0 atom stereocenters. The Kier molecular flexibility index (Phi) is 3.34. The molecule has 0 aliphatic heterocycles. The minimum atomic E-state index is 0.481. The molecular formula is C15H7BrN4S. The summed E-state index contributed by atoms with van der Waals surface area (Å²) in [6.45, 7) is 0. The van der Waals surface area contributed by atoms with Crippen molar-refractivity contribution in [3.05, 3.63) is 56.8 Å². The van der Waals surface area contributed by atoms with Crippen molar-refractivity contribution in [2.45, 2.75) is 0 Å².